The molecule has 0 aromatic rings. The first-order valence-corrected chi connectivity index (χ1v) is 62.6. The molecule has 13 heteroatoms. The minimum atomic E-state index is -1.98. The second kappa shape index (κ2) is 69.6. The van der Waals surface area contributed by atoms with Crippen molar-refractivity contribution in [2.24, 2.45) is 102 Å². The summed E-state index contributed by atoms with van der Waals surface area (Å²) >= 11 is 0. The number of hydrogen-bond acceptors (Lipinski definition) is 9. The average molecular weight is 1960 g/mol. The summed E-state index contributed by atoms with van der Waals surface area (Å²) in [6.45, 7) is 99.9. The van der Waals surface area contributed by atoms with E-state index in [9.17, 15) is 8.42 Å². The molecule has 5 aliphatic carbocycles. The van der Waals surface area contributed by atoms with Crippen molar-refractivity contribution in [2.45, 2.75) is 536 Å². The molecular weight excluding hydrogens is 1710 g/mol. The largest absolute Gasteiger partial charge is 0.376 e. The molecule has 11 nitrogen and oxygen atoms in total. The van der Waals surface area contributed by atoms with E-state index in [1.165, 1.54) is 341 Å². The quantitative estimate of drug-likeness (QED) is 0.0824. The van der Waals surface area contributed by atoms with Crippen LogP contribution in [0.4, 0.5) is 0 Å². The van der Waals surface area contributed by atoms with Gasteiger partial charge in [0.25, 0.3) is 0 Å². The minimum Gasteiger partial charge on any atom is -0.376 e. The molecule has 0 radical (unpaired) electrons. The maximum absolute atomic E-state index is 11.9. The Morgan fingerprint density at radius 3 is 0.978 bits per heavy atom. The zero-order valence-corrected chi connectivity index (χ0v) is 102. The molecule has 11 rings (SSSR count). The number of likely N-dealkylation sites (tertiary alicyclic amines) is 2. The Bertz CT molecular complexity index is 3000. The molecule has 0 aromatic heterocycles. The van der Waals surface area contributed by atoms with Crippen LogP contribution in [-0.2, 0) is 33.6 Å². The first-order chi connectivity index (χ1) is 62.8. The maximum Gasteiger partial charge on any atom is 0.168 e. The van der Waals surface area contributed by atoms with Gasteiger partial charge in [0, 0.05) is 97.1 Å². The molecule has 136 heavy (non-hydrogen) atoms. The van der Waals surface area contributed by atoms with Gasteiger partial charge in [-0.1, -0.05) is 291 Å². The zero-order chi connectivity index (χ0) is 104. The molecule has 11 fully saturated rings. The summed E-state index contributed by atoms with van der Waals surface area (Å²) < 4.78 is 45.1. The highest BCUT2D eigenvalue weighted by Crippen LogP contribution is 2.43. The van der Waals surface area contributed by atoms with E-state index in [2.05, 4.69) is 268 Å². The van der Waals surface area contributed by atoms with Crippen LogP contribution in [0.15, 0.2) is 12.2 Å². The summed E-state index contributed by atoms with van der Waals surface area (Å²) in [6, 6.07) is 0. The molecule has 3 unspecified atom stereocenters. The maximum atomic E-state index is 11.9. The van der Waals surface area contributed by atoms with Gasteiger partial charge < -0.3 is 33.8 Å². The van der Waals surface area contributed by atoms with Gasteiger partial charge in [-0.05, 0) is 393 Å². The third-order valence-corrected chi connectivity index (χ3v) is 33.9. The molecule has 0 bridgehead atoms. The molecule has 6 aliphatic heterocycles. The number of rotatable bonds is 21. The van der Waals surface area contributed by atoms with Crippen LogP contribution in [0, 0.1) is 102 Å². The number of piperidine rings is 4. The lowest BCUT2D eigenvalue weighted by Gasteiger charge is -2.36. The van der Waals surface area contributed by atoms with Crippen LogP contribution in [-0.4, -0.2) is 198 Å². The molecule has 6 heterocycles. The van der Waals surface area contributed by atoms with Gasteiger partial charge in [-0.2, -0.15) is 0 Å². The van der Waals surface area contributed by atoms with Gasteiger partial charge in [-0.15, -0.1) is 0 Å². The smallest absolute Gasteiger partial charge is 0.168 e. The molecule has 0 amide bonds. The molecule has 11 aliphatic rings. The van der Waals surface area contributed by atoms with E-state index < -0.39 is 19.4 Å². The van der Waals surface area contributed by atoms with Crippen molar-refractivity contribution in [3.05, 3.63) is 12.2 Å². The summed E-state index contributed by atoms with van der Waals surface area (Å²) in [7, 11) is 0.507. The summed E-state index contributed by atoms with van der Waals surface area (Å²) in [5, 5.41) is 0. The monoisotopic (exact) mass is 1960 g/mol. The SMILES string of the molecule is C=C1CCC(CCC(C)(C)C)CC1.C=S(C)(=O)N1CCC(CCC(C)(C)C)CC1.C=S(C)(=O)N1CCCC(CCC(C)(C)C)C1.CC.CC.CC(C)(C)CCC1CCC2(CC1)OCCO2.CC(C)(C)CCC1CCCCC1.CC1CCC(C)CC1.CC1CCC(OC(C)C)CC1.CCN1CCC(CCC(C)(C)C)CC1.CN1CCC(CCC(C)(C)C)CC1.CN1CCN(CCC(C)(C)C)CC1. The fourth-order valence-electron chi connectivity index (χ4n) is 20.4. The van der Waals surface area contributed by atoms with Gasteiger partial charge in [-0.3, -0.25) is 8.42 Å². The number of hydrogen-bond donors (Lipinski definition) is 0. The average Bonchev–Trinajstić information content (AvgIpc) is 1.66. The van der Waals surface area contributed by atoms with Crippen molar-refractivity contribution >= 4 is 31.2 Å². The van der Waals surface area contributed by atoms with Crippen molar-refractivity contribution in [3.63, 3.8) is 0 Å². The summed E-state index contributed by atoms with van der Waals surface area (Å²) in [5.74, 6) is 16.9. The normalized spacial score (nSPS) is 24.6. The topological polar surface area (TPSA) is 81.3 Å². The van der Waals surface area contributed by atoms with Crippen LogP contribution >= 0.6 is 0 Å². The lowest BCUT2D eigenvalue weighted by Crippen LogP contribution is -2.45. The van der Waals surface area contributed by atoms with Crippen LogP contribution in [0.2, 0.25) is 0 Å². The highest BCUT2D eigenvalue weighted by atomic mass is 32.2. The van der Waals surface area contributed by atoms with E-state index in [1.807, 2.05) is 27.7 Å². The van der Waals surface area contributed by atoms with E-state index >= 15 is 0 Å². The second-order valence-electron chi connectivity index (χ2n) is 55.6. The summed E-state index contributed by atoms with van der Waals surface area (Å²) in [6.07, 6.45) is 64.4. The lowest BCUT2D eigenvalue weighted by molar-refractivity contribution is -0.182. The van der Waals surface area contributed by atoms with Crippen LogP contribution in [0.25, 0.3) is 0 Å². The van der Waals surface area contributed by atoms with Crippen molar-refractivity contribution < 1.29 is 22.6 Å². The Labute approximate surface area is 858 Å². The Morgan fingerprint density at radius 2 is 0.647 bits per heavy atom. The lowest BCUT2D eigenvalue weighted by atomic mass is 9.79. The highest BCUT2D eigenvalue weighted by molar-refractivity contribution is 7.97. The van der Waals surface area contributed by atoms with E-state index in [4.69, 9.17) is 14.2 Å². The first-order valence-electron chi connectivity index (χ1n) is 58.4. The predicted octanol–water partition coefficient (Wildman–Crippen LogP) is 34.5. The second-order valence-corrected chi connectivity index (χ2v) is 60.5. The van der Waals surface area contributed by atoms with Gasteiger partial charge in [0.15, 0.2) is 5.79 Å². The molecule has 6 saturated heterocycles. The standard InChI is InChI=1S/C14H26O2.2C13H27NOS.C13H27N.C13H24.C12H25N.C12H24.C11H24N2.C10H20O.C8H16.2C2H6/c1-13(2,3)7-4-12-5-8-14(9-6-12)15-10-11-16-14;1-13(2,3)9-6-12-7-10-14(11-8-12)16(4,5)15;1-13(2,3)9-8-12-7-6-10-14(11-12)16(4,5)15;1-5-14-10-7-12(8-11-14)6-9-13(2,3)4;1-11-5-7-12(8-6-11)9-10-13(2,3)4;1-12(2,3)8-5-11-6-9-13(4)10-7-11;1-12(2,3)10-9-11-7-5-4-6-8-11;1-11(2,3)5-6-13-9-7-12(4)8-10-13;1-8(2)11-10-6-4-9(3)5-7-10;1-7-3-5-8(2)6-4-7;2*1-2/h12H,4-11H2,1-3H3;2*12H,4,6-11H2,1-3,5H3;12H,5-11H2,1-4H3;12H,1,5-10H2,2-4H3;11H,5-10H2,1-4H3;11H,4-10H2,1-3H3;5-10H2,1-4H3;8-10H,4-7H2,1-3H3;7-8H,3-6H2,1-2H3;2*1-2H3. The Kier molecular flexibility index (Phi) is 69.3. The van der Waals surface area contributed by atoms with Crippen LogP contribution in [0.1, 0.15) is 518 Å². The van der Waals surface area contributed by atoms with Crippen molar-refractivity contribution in [1.82, 2.24) is 28.2 Å². The van der Waals surface area contributed by atoms with Crippen LogP contribution in [0.3, 0.4) is 0 Å². The highest BCUT2D eigenvalue weighted by Gasteiger charge is 2.41. The van der Waals surface area contributed by atoms with Gasteiger partial charge >= 0.3 is 0 Å². The molecule has 1 spiro atoms. The number of likely N-dealkylation sites (N-methyl/N-ethyl adjacent to an activating group) is 1. The molecular formula is C123H252N6O5S2. The fraction of sp³-hybridized carbons (Fsp3) is 0.967. The van der Waals surface area contributed by atoms with Crippen LogP contribution in [0.5, 0.6) is 0 Å². The third-order valence-electron chi connectivity index (χ3n) is 31.0. The zero-order valence-electron chi connectivity index (χ0n) is 100. The van der Waals surface area contributed by atoms with Crippen LogP contribution < -0.4 is 0 Å². The molecule has 0 N–H and O–H groups in total. The van der Waals surface area contributed by atoms with Crippen molar-refractivity contribution in [2.75, 3.05) is 131 Å². The fourth-order valence-corrected chi connectivity index (χ4v) is 22.4. The number of piperazine rings is 1. The number of ether oxygens (including phenoxy) is 3. The van der Waals surface area contributed by atoms with E-state index in [1.54, 1.807) is 12.5 Å². The van der Waals surface area contributed by atoms with Crippen molar-refractivity contribution in [1.29, 1.82) is 0 Å². The summed E-state index contributed by atoms with van der Waals surface area (Å²) in [5.41, 5.74) is 5.45. The molecule has 816 valence electrons. The molecule has 0 aromatic carbocycles. The predicted molar refractivity (Wildman–Crippen MR) is 616 cm³/mol. The molecule has 5 saturated carbocycles. The van der Waals surface area contributed by atoms with Gasteiger partial charge in [0.2, 0.25) is 0 Å². The Balaban J connectivity index is 0.00000149. The third kappa shape index (κ3) is 76.9. The van der Waals surface area contributed by atoms with Gasteiger partial charge in [0.1, 0.15) is 0 Å². The number of allylic oxidation sites excluding steroid dienone is 1. The Morgan fingerprint density at radius 1 is 0.353 bits per heavy atom. The Hall–Kier alpha value is -0.580. The summed E-state index contributed by atoms with van der Waals surface area (Å²) in [4.78, 5) is 10.0. The molecule has 3 atom stereocenters. The van der Waals surface area contributed by atoms with E-state index in [-0.39, 0.29) is 5.79 Å². The van der Waals surface area contributed by atoms with Crippen molar-refractivity contribution in [3.8, 4) is 0 Å². The van der Waals surface area contributed by atoms with E-state index in [0.717, 1.165) is 111 Å². The van der Waals surface area contributed by atoms with E-state index in [0.29, 0.717) is 55.5 Å². The number of nitrogens with zero attached hydrogens (tertiary/aromatic N) is 6. The van der Waals surface area contributed by atoms with Gasteiger partial charge in [0.05, 0.1) is 25.4 Å². The first kappa shape index (κ1) is 135. The van der Waals surface area contributed by atoms with Gasteiger partial charge in [-0.25, -0.2) is 8.61 Å². The minimum absolute atomic E-state index is 0.168.